The van der Waals surface area contributed by atoms with E-state index in [9.17, 15) is 14.3 Å². The van der Waals surface area contributed by atoms with Gasteiger partial charge in [-0.1, -0.05) is 57.9 Å². The van der Waals surface area contributed by atoms with Crippen LogP contribution in [0.1, 0.15) is 5.56 Å². The van der Waals surface area contributed by atoms with Crippen molar-refractivity contribution >= 4 is 50.2 Å². The lowest BCUT2D eigenvalue weighted by Gasteiger charge is -2.14. The van der Waals surface area contributed by atoms with E-state index in [2.05, 4.69) is 20.9 Å². The van der Waals surface area contributed by atoms with E-state index in [-0.39, 0.29) is 17.1 Å². The lowest BCUT2D eigenvalue weighted by Crippen LogP contribution is -2.20. The van der Waals surface area contributed by atoms with Crippen molar-refractivity contribution in [2.24, 2.45) is 4.99 Å². The lowest BCUT2D eigenvalue weighted by molar-refractivity contribution is 0.436. The van der Waals surface area contributed by atoms with E-state index in [1.54, 1.807) is 54.6 Å². The summed E-state index contributed by atoms with van der Waals surface area (Å²) >= 11 is 9.46. The highest BCUT2D eigenvalue weighted by Crippen LogP contribution is 2.30. The van der Waals surface area contributed by atoms with Gasteiger partial charge < -0.3 is 5.11 Å². The number of aliphatic imine (C=N–C) groups is 1. The van der Waals surface area contributed by atoms with Gasteiger partial charge in [0.15, 0.2) is 0 Å². The number of halogens is 3. The Balaban J connectivity index is 2.00. The van der Waals surface area contributed by atoms with Gasteiger partial charge in [-0.2, -0.15) is 0 Å². The number of pyridine rings is 1. The van der Waals surface area contributed by atoms with Gasteiger partial charge in [0, 0.05) is 21.5 Å². The molecule has 4 nitrogen and oxygen atoms in total. The van der Waals surface area contributed by atoms with Crippen LogP contribution >= 0.6 is 27.5 Å². The van der Waals surface area contributed by atoms with E-state index in [4.69, 9.17) is 11.6 Å². The number of aromatic nitrogens is 1. The van der Waals surface area contributed by atoms with Crippen LogP contribution in [0.4, 0.5) is 10.1 Å². The first-order valence-electron chi connectivity index (χ1n) is 8.58. The molecule has 29 heavy (non-hydrogen) atoms. The molecule has 0 radical (unpaired) electrons. The molecule has 0 unspecified atom stereocenters. The van der Waals surface area contributed by atoms with E-state index >= 15 is 0 Å². The number of aromatic hydroxyl groups is 1. The molecular weight excluding hydrogens is 459 g/mol. The number of fused-ring (bicyclic) bond motifs is 1. The van der Waals surface area contributed by atoms with E-state index in [0.717, 1.165) is 4.57 Å². The summed E-state index contributed by atoms with van der Waals surface area (Å²) in [4.78, 5) is 17.2. The van der Waals surface area contributed by atoms with Gasteiger partial charge >= 0.3 is 0 Å². The molecule has 0 aliphatic carbocycles. The molecule has 1 N–H and O–H groups in total. The summed E-state index contributed by atoms with van der Waals surface area (Å²) in [6, 6.07) is 18.0. The molecule has 0 aliphatic rings. The number of nitrogens with zero attached hydrogens (tertiary/aromatic N) is 2. The van der Waals surface area contributed by atoms with Crippen molar-refractivity contribution in [2.45, 2.75) is 0 Å². The van der Waals surface area contributed by atoms with Gasteiger partial charge in [-0.15, -0.1) is 0 Å². The molecule has 0 aliphatic heterocycles. The average Bonchev–Trinajstić information content (AvgIpc) is 2.71. The first kappa shape index (κ1) is 19.4. The van der Waals surface area contributed by atoms with Gasteiger partial charge in [0.1, 0.15) is 5.82 Å². The van der Waals surface area contributed by atoms with Crippen LogP contribution in [0.25, 0.3) is 16.5 Å². The maximum Gasteiger partial charge on any atom is 0.265 e. The summed E-state index contributed by atoms with van der Waals surface area (Å²) in [6.07, 6.45) is 1.34. The van der Waals surface area contributed by atoms with Crippen LogP contribution in [0.15, 0.2) is 81.0 Å². The van der Waals surface area contributed by atoms with Gasteiger partial charge in [0.2, 0.25) is 5.88 Å². The van der Waals surface area contributed by atoms with E-state index in [1.807, 2.05) is 0 Å². The Morgan fingerprint density at radius 1 is 1.03 bits per heavy atom. The van der Waals surface area contributed by atoms with Crippen molar-refractivity contribution in [1.82, 2.24) is 4.57 Å². The Hall–Kier alpha value is -2.96. The molecule has 3 aromatic carbocycles. The van der Waals surface area contributed by atoms with Crippen LogP contribution in [0.3, 0.4) is 0 Å². The van der Waals surface area contributed by atoms with Crippen molar-refractivity contribution in [3.05, 3.63) is 98.0 Å². The highest BCUT2D eigenvalue weighted by atomic mass is 79.9. The van der Waals surface area contributed by atoms with E-state index < -0.39 is 11.4 Å². The molecule has 0 atom stereocenters. The predicted molar refractivity (Wildman–Crippen MR) is 118 cm³/mol. The van der Waals surface area contributed by atoms with Crippen molar-refractivity contribution in [3.8, 4) is 11.6 Å². The molecule has 1 aromatic heterocycles. The third-order valence-electron chi connectivity index (χ3n) is 4.44. The van der Waals surface area contributed by atoms with Crippen molar-refractivity contribution in [1.29, 1.82) is 0 Å². The molecule has 4 rings (SSSR count). The minimum absolute atomic E-state index is 0.104. The van der Waals surface area contributed by atoms with Crippen LogP contribution in [0.5, 0.6) is 5.88 Å². The van der Waals surface area contributed by atoms with E-state index in [0.29, 0.717) is 26.0 Å². The van der Waals surface area contributed by atoms with Crippen LogP contribution < -0.4 is 5.56 Å². The summed E-state index contributed by atoms with van der Waals surface area (Å²) in [5.74, 6) is -0.845. The van der Waals surface area contributed by atoms with Crippen molar-refractivity contribution < 1.29 is 9.50 Å². The Kier molecular flexibility index (Phi) is 5.22. The Morgan fingerprint density at radius 3 is 2.45 bits per heavy atom. The second-order valence-electron chi connectivity index (χ2n) is 6.23. The molecule has 0 amide bonds. The number of para-hydroxylation sites is 1. The fourth-order valence-electron chi connectivity index (χ4n) is 3.07. The lowest BCUT2D eigenvalue weighted by atomic mass is 10.1. The third kappa shape index (κ3) is 3.57. The number of benzene rings is 3. The number of hydrogen-bond donors (Lipinski definition) is 1. The van der Waals surface area contributed by atoms with Gasteiger partial charge in [-0.3, -0.25) is 9.79 Å². The Morgan fingerprint density at radius 2 is 1.72 bits per heavy atom. The average molecular weight is 472 g/mol. The molecule has 144 valence electrons. The first-order chi connectivity index (χ1) is 14.0. The molecule has 0 fully saturated rings. The maximum absolute atomic E-state index is 14.2. The highest BCUT2D eigenvalue weighted by molar-refractivity contribution is 9.10. The zero-order valence-corrected chi connectivity index (χ0v) is 17.2. The summed E-state index contributed by atoms with van der Waals surface area (Å²) in [7, 11) is 0. The van der Waals surface area contributed by atoms with Gasteiger partial charge in [0.05, 0.1) is 22.0 Å². The highest BCUT2D eigenvalue weighted by Gasteiger charge is 2.17. The largest absolute Gasteiger partial charge is 0.494 e. The molecule has 0 bridgehead atoms. The third-order valence-corrected chi connectivity index (χ3v) is 5.25. The van der Waals surface area contributed by atoms with Gasteiger partial charge in [-0.05, 0) is 36.4 Å². The summed E-state index contributed by atoms with van der Waals surface area (Å²) < 4.78 is 15.9. The van der Waals surface area contributed by atoms with Crippen LogP contribution in [0, 0.1) is 5.82 Å². The zero-order valence-electron chi connectivity index (χ0n) is 14.8. The Labute approximate surface area is 178 Å². The van der Waals surface area contributed by atoms with Crippen molar-refractivity contribution in [2.75, 3.05) is 0 Å². The summed E-state index contributed by atoms with van der Waals surface area (Å²) in [5, 5.41) is 12.1. The summed E-state index contributed by atoms with van der Waals surface area (Å²) in [5.41, 5.74) is 0.305. The SMILES string of the molecule is O=c1c2ccccc2c(C=Nc2ccc(Br)cc2F)c(O)n1-c1ccccc1Cl. The molecule has 4 aromatic rings. The maximum atomic E-state index is 14.2. The monoisotopic (exact) mass is 470 g/mol. The van der Waals surface area contributed by atoms with Crippen LogP contribution in [0.2, 0.25) is 5.02 Å². The molecule has 0 saturated carbocycles. The Bertz CT molecular complexity index is 1330. The fraction of sp³-hybridized carbons (Fsp3) is 0. The molecule has 7 heteroatoms. The predicted octanol–water partition coefficient (Wildman–Crippen LogP) is 6.00. The van der Waals surface area contributed by atoms with Crippen LogP contribution in [-0.4, -0.2) is 15.9 Å². The van der Waals surface area contributed by atoms with Gasteiger partial charge in [-0.25, -0.2) is 8.96 Å². The van der Waals surface area contributed by atoms with Crippen molar-refractivity contribution in [3.63, 3.8) is 0 Å². The number of rotatable bonds is 3. The van der Waals surface area contributed by atoms with Gasteiger partial charge in [0.25, 0.3) is 5.56 Å². The molecule has 0 spiro atoms. The number of hydrogen-bond acceptors (Lipinski definition) is 3. The minimum Gasteiger partial charge on any atom is -0.494 e. The second-order valence-corrected chi connectivity index (χ2v) is 7.55. The quantitative estimate of drug-likeness (QED) is 0.373. The smallest absolute Gasteiger partial charge is 0.265 e. The standard InChI is InChI=1S/C22H13BrClFN2O2/c23-13-9-10-19(18(25)11-13)26-12-16-14-5-1-2-6-15(14)21(28)27(22(16)29)20-8-4-3-7-17(20)24/h1-12,29H. The zero-order chi connectivity index (χ0) is 20.5. The first-order valence-corrected chi connectivity index (χ1v) is 9.75. The summed E-state index contributed by atoms with van der Waals surface area (Å²) in [6.45, 7) is 0. The normalized spacial score (nSPS) is 11.4. The topological polar surface area (TPSA) is 54.6 Å². The van der Waals surface area contributed by atoms with E-state index in [1.165, 1.54) is 18.3 Å². The minimum atomic E-state index is -0.515. The molecule has 1 heterocycles. The molecule has 0 saturated heterocycles. The van der Waals surface area contributed by atoms with Crippen LogP contribution in [-0.2, 0) is 0 Å². The molecular formula is C22H13BrClFN2O2. The second kappa shape index (κ2) is 7.81. The fourth-order valence-corrected chi connectivity index (χ4v) is 3.62.